The average Bonchev–Trinajstić information content (AvgIpc) is 2.70. The highest BCUT2D eigenvalue weighted by Crippen LogP contribution is 2.20. The summed E-state index contributed by atoms with van der Waals surface area (Å²) in [5.74, 6) is -0.0926. The molecule has 4 heteroatoms. The third-order valence-electron chi connectivity index (χ3n) is 4.66. The summed E-state index contributed by atoms with van der Waals surface area (Å²) in [7, 11) is 1.75. The molecule has 3 aromatic carbocycles. The molecule has 0 aliphatic rings. The average molecular weight is 372 g/mol. The Labute approximate surface area is 165 Å². The van der Waals surface area contributed by atoms with Crippen LogP contribution in [0.1, 0.15) is 18.1 Å². The number of nitrogens with one attached hydrogen (secondary N) is 1. The minimum atomic E-state index is -0.0783. The summed E-state index contributed by atoms with van der Waals surface area (Å²) in [6.45, 7) is 1.98. The topological polar surface area (TPSA) is 49.4 Å². The van der Waals surface area contributed by atoms with E-state index in [9.17, 15) is 9.59 Å². The number of hydrogen-bond acceptors (Lipinski definition) is 2. The molecule has 0 radical (unpaired) electrons. The van der Waals surface area contributed by atoms with E-state index in [1.165, 1.54) is 6.92 Å². The molecular weight excluding hydrogens is 348 g/mol. The fourth-order valence-corrected chi connectivity index (χ4v) is 2.97. The molecule has 0 spiro atoms. The maximum Gasteiger partial charge on any atom is 0.228 e. The number of benzene rings is 3. The van der Waals surface area contributed by atoms with Gasteiger partial charge in [-0.15, -0.1) is 0 Å². The minimum absolute atomic E-state index is 0.0142. The Morgan fingerprint density at radius 3 is 2.11 bits per heavy atom. The van der Waals surface area contributed by atoms with Gasteiger partial charge >= 0.3 is 0 Å². The first-order valence-electron chi connectivity index (χ1n) is 9.27. The zero-order chi connectivity index (χ0) is 19.9. The fraction of sp³-hybridized carbons (Fsp3) is 0.167. The molecule has 3 aromatic rings. The van der Waals surface area contributed by atoms with Crippen LogP contribution in [-0.2, 0) is 22.6 Å². The first kappa shape index (κ1) is 19.4. The van der Waals surface area contributed by atoms with Crippen LogP contribution in [0.25, 0.3) is 11.1 Å². The molecule has 0 fully saturated rings. The van der Waals surface area contributed by atoms with E-state index in [1.54, 1.807) is 11.9 Å². The summed E-state index contributed by atoms with van der Waals surface area (Å²) >= 11 is 0. The van der Waals surface area contributed by atoms with Gasteiger partial charge in [-0.25, -0.2) is 0 Å². The van der Waals surface area contributed by atoms with Crippen LogP contribution in [0, 0.1) is 0 Å². The molecule has 4 nitrogen and oxygen atoms in total. The summed E-state index contributed by atoms with van der Waals surface area (Å²) in [4.78, 5) is 25.6. The number of carbonyl (C=O) groups excluding carboxylic acids is 2. The van der Waals surface area contributed by atoms with Gasteiger partial charge in [0.1, 0.15) is 0 Å². The van der Waals surface area contributed by atoms with Crippen molar-refractivity contribution in [3.8, 4) is 11.1 Å². The highest BCUT2D eigenvalue weighted by molar-refractivity contribution is 5.93. The molecule has 28 heavy (non-hydrogen) atoms. The lowest BCUT2D eigenvalue weighted by Crippen LogP contribution is -2.24. The Kier molecular flexibility index (Phi) is 6.22. The molecule has 0 bridgehead atoms. The molecule has 3 rings (SSSR count). The molecule has 0 saturated carbocycles. The lowest BCUT2D eigenvalue weighted by Gasteiger charge is -2.18. The number of rotatable bonds is 6. The Balaban J connectivity index is 1.65. The second kappa shape index (κ2) is 9.00. The van der Waals surface area contributed by atoms with Crippen LogP contribution < -0.4 is 5.32 Å². The zero-order valence-electron chi connectivity index (χ0n) is 16.2. The van der Waals surface area contributed by atoms with Crippen molar-refractivity contribution in [2.24, 2.45) is 0 Å². The quantitative estimate of drug-likeness (QED) is 0.692. The lowest BCUT2D eigenvalue weighted by atomic mass is 10.0. The van der Waals surface area contributed by atoms with Crippen molar-refractivity contribution in [3.63, 3.8) is 0 Å². The summed E-state index contributed by atoms with van der Waals surface area (Å²) in [6, 6.07) is 25.7. The van der Waals surface area contributed by atoms with Gasteiger partial charge in [0.15, 0.2) is 0 Å². The molecule has 0 aliphatic carbocycles. The summed E-state index contributed by atoms with van der Waals surface area (Å²) in [5, 5.41) is 2.97. The smallest absolute Gasteiger partial charge is 0.228 e. The number of anilines is 1. The molecule has 0 heterocycles. The number of hydrogen-bond donors (Lipinski definition) is 1. The molecule has 1 N–H and O–H groups in total. The van der Waals surface area contributed by atoms with Crippen molar-refractivity contribution in [2.45, 2.75) is 19.9 Å². The summed E-state index contributed by atoms with van der Waals surface area (Å²) in [5.41, 5.74) is 4.88. The van der Waals surface area contributed by atoms with Gasteiger partial charge in [0.2, 0.25) is 11.8 Å². The molecule has 0 atom stereocenters. The van der Waals surface area contributed by atoms with Crippen LogP contribution in [0.15, 0.2) is 78.9 Å². The van der Waals surface area contributed by atoms with Crippen LogP contribution in [0.3, 0.4) is 0 Å². The van der Waals surface area contributed by atoms with Gasteiger partial charge in [-0.2, -0.15) is 0 Å². The first-order valence-corrected chi connectivity index (χ1v) is 9.27. The maximum atomic E-state index is 12.5. The minimum Gasteiger partial charge on any atom is -0.342 e. The van der Waals surface area contributed by atoms with E-state index >= 15 is 0 Å². The largest absolute Gasteiger partial charge is 0.342 e. The number of nitrogens with zero attached hydrogens (tertiary/aromatic N) is 1. The van der Waals surface area contributed by atoms with Crippen molar-refractivity contribution in [1.82, 2.24) is 4.90 Å². The standard InChI is InChI=1S/C24H24N2O2/c1-18(27)26(2)17-22-10-6-7-11-23(22)25-24(28)16-19-12-14-21(15-13-19)20-8-4-3-5-9-20/h3-15H,16-17H2,1-2H3,(H,25,28). The molecule has 0 aromatic heterocycles. The van der Waals surface area contributed by atoms with E-state index < -0.39 is 0 Å². The van der Waals surface area contributed by atoms with Crippen LogP contribution in [-0.4, -0.2) is 23.8 Å². The number of para-hydroxylation sites is 1. The third-order valence-corrected chi connectivity index (χ3v) is 4.66. The van der Waals surface area contributed by atoms with Crippen molar-refractivity contribution in [2.75, 3.05) is 12.4 Å². The Hall–Kier alpha value is -3.40. The molecule has 0 saturated heterocycles. The van der Waals surface area contributed by atoms with Crippen molar-refractivity contribution >= 4 is 17.5 Å². The van der Waals surface area contributed by atoms with Crippen LogP contribution >= 0.6 is 0 Å². The van der Waals surface area contributed by atoms with Gasteiger partial charge in [0.25, 0.3) is 0 Å². The predicted molar refractivity (Wildman–Crippen MR) is 113 cm³/mol. The maximum absolute atomic E-state index is 12.5. The third kappa shape index (κ3) is 5.07. The summed E-state index contributed by atoms with van der Waals surface area (Å²) in [6.07, 6.45) is 0.298. The van der Waals surface area contributed by atoms with Gasteiger partial charge in [0.05, 0.1) is 6.42 Å². The molecule has 0 unspecified atom stereocenters. The van der Waals surface area contributed by atoms with Gasteiger partial charge in [-0.05, 0) is 28.3 Å². The van der Waals surface area contributed by atoms with Crippen molar-refractivity contribution in [1.29, 1.82) is 0 Å². The second-order valence-electron chi connectivity index (χ2n) is 6.82. The van der Waals surface area contributed by atoms with E-state index in [2.05, 4.69) is 17.4 Å². The summed E-state index contributed by atoms with van der Waals surface area (Å²) < 4.78 is 0. The van der Waals surface area contributed by atoms with E-state index in [1.807, 2.05) is 66.7 Å². The van der Waals surface area contributed by atoms with E-state index in [-0.39, 0.29) is 11.8 Å². The van der Waals surface area contributed by atoms with Crippen LogP contribution in [0.2, 0.25) is 0 Å². The number of carbonyl (C=O) groups is 2. The van der Waals surface area contributed by atoms with Gasteiger partial charge in [-0.1, -0.05) is 72.8 Å². The van der Waals surface area contributed by atoms with E-state index in [4.69, 9.17) is 0 Å². The first-order chi connectivity index (χ1) is 13.5. The van der Waals surface area contributed by atoms with Crippen molar-refractivity contribution in [3.05, 3.63) is 90.0 Å². The van der Waals surface area contributed by atoms with Gasteiger partial charge in [0, 0.05) is 26.2 Å². The van der Waals surface area contributed by atoms with Crippen LogP contribution in [0.4, 0.5) is 5.69 Å². The van der Waals surface area contributed by atoms with Crippen molar-refractivity contribution < 1.29 is 9.59 Å². The molecule has 142 valence electrons. The van der Waals surface area contributed by atoms with E-state index in [0.29, 0.717) is 13.0 Å². The van der Waals surface area contributed by atoms with Gasteiger partial charge in [-0.3, -0.25) is 9.59 Å². The Morgan fingerprint density at radius 1 is 0.821 bits per heavy atom. The second-order valence-corrected chi connectivity index (χ2v) is 6.82. The normalized spacial score (nSPS) is 10.4. The predicted octanol–water partition coefficient (Wildman–Crippen LogP) is 4.51. The number of amides is 2. The fourth-order valence-electron chi connectivity index (χ4n) is 2.97. The zero-order valence-corrected chi connectivity index (χ0v) is 16.2. The molecule has 0 aliphatic heterocycles. The molecular formula is C24H24N2O2. The Morgan fingerprint density at radius 2 is 1.43 bits per heavy atom. The monoisotopic (exact) mass is 372 g/mol. The molecule has 2 amide bonds. The van der Waals surface area contributed by atoms with Crippen LogP contribution in [0.5, 0.6) is 0 Å². The SMILES string of the molecule is CC(=O)N(C)Cc1ccccc1NC(=O)Cc1ccc(-c2ccccc2)cc1. The highest BCUT2D eigenvalue weighted by Gasteiger charge is 2.10. The van der Waals surface area contributed by atoms with E-state index in [0.717, 1.165) is 27.9 Å². The Bertz CT molecular complexity index is 950. The highest BCUT2D eigenvalue weighted by atomic mass is 16.2. The lowest BCUT2D eigenvalue weighted by molar-refractivity contribution is -0.128. The van der Waals surface area contributed by atoms with Gasteiger partial charge < -0.3 is 10.2 Å².